The second-order valence-corrected chi connectivity index (χ2v) is 9.67. The van der Waals surface area contributed by atoms with E-state index in [2.05, 4.69) is 0 Å². The number of hydrogen-bond donors (Lipinski definition) is 0. The molecule has 0 radical (unpaired) electrons. The molecule has 2 aliphatic rings. The van der Waals surface area contributed by atoms with Crippen LogP contribution >= 0.6 is 11.3 Å². The number of hydrogen-bond acceptors (Lipinski definition) is 5. The van der Waals surface area contributed by atoms with E-state index in [1.54, 1.807) is 33.8 Å². The summed E-state index contributed by atoms with van der Waals surface area (Å²) >= 11 is 1.69. The number of ether oxygens (including phenoxy) is 2. The first-order valence-corrected chi connectivity index (χ1v) is 11.5. The Morgan fingerprint density at radius 3 is 2.57 bits per heavy atom. The van der Waals surface area contributed by atoms with Crippen LogP contribution in [-0.2, 0) is 16.4 Å². The van der Waals surface area contributed by atoms with Gasteiger partial charge in [0.2, 0.25) is 10.0 Å². The molecule has 3 heterocycles. The molecule has 0 unspecified atom stereocenters. The Bertz CT molecular complexity index is 1110. The molecule has 0 spiro atoms. The highest BCUT2D eigenvalue weighted by atomic mass is 32.2. The lowest BCUT2D eigenvalue weighted by Gasteiger charge is -2.35. The molecule has 0 fully saturated rings. The first-order valence-electron chi connectivity index (χ1n) is 9.17. The summed E-state index contributed by atoms with van der Waals surface area (Å²) in [7, 11) is -3.71. The molecule has 0 N–H and O–H groups in total. The van der Waals surface area contributed by atoms with E-state index in [0.717, 1.165) is 17.5 Å². The predicted octanol–water partition coefficient (Wildman–Crippen LogP) is 3.86. The summed E-state index contributed by atoms with van der Waals surface area (Å²) in [6.45, 7) is 1.34. The van der Waals surface area contributed by atoms with Gasteiger partial charge in [-0.25, -0.2) is 8.42 Å². The molecule has 3 aromatic rings. The second-order valence-electron chi connectivity index (χ2n) is 6.78. The van der Waals surface area contributed by atoms with E-state index in [1.165, 1.54) is 4.88 Å². The van der Waals surface area contributed by atoms with Crippen molar-refractivity contribution in [3.05, 3.63) is 76.0 Å². The van der Waals surface area contributed by atoms with Crippen molar-refractivity contribution in [2.75, 3.05) is 19.8 Å². The van der Waals surface area contributed by atoms with Gasteiger partial charge in [0.1, 0.15) is 13.2 Å². The lowest BCUT2D eigenvalue weighted by molar-refractivity contribution is 0.171. The van der Waals surface area contributed by atoms with Crippen molar-refractivity contribution in [3.63, 3.8) is 0 Å². The normalized spacial score (nSPS) is 19.2. The number of benzene rings is 2. The molecule has 5 nitrogen and oxygen atoms in total. The molecule has 0 saturated heterocycles. The summed E-state index contributed by atoms with van der Waals surface area (Å²) in [6, 6.07) is 16.4. The lowest BCUT2D eigenvalue weighted by atomic mass is 9.95. The second kappa shape index (κ2) is 6.92. The van der Waals surface area contributed by atoms with Crippen LogP contribution in [-0.4, -0.2) is 32.5 Å². The van der Waals surface area contributed by atoms with Crippen molar-refractivity contribution in [3.8, 4) is 11.5 Å². The SMILES string of the molecule is O=S(=O)(c1ccc2c(c1)OCCO2)N1CCc2sccc2[C@@H]1c1ccccc1. The van der Waals surface area contributed by atoms with Gasteiger partial charge in [-0.3, -0.25) is 0 Å². The van der Waals surface area contributed by atoms with Crippen LogP contribution in [0.15, 0.2) is 64.9 Å². The molecule has 5 rings (SSSR count). The quantitative estimate of drug-likeness (QED) is 0.654. The minimum Gasteiger partial charge on any atom is -0.486 e. The summed E-state index contributed by atoms with van der Waals surface area (Å²) in [5.41, 5.74) is 2.05. The average molecular weight is 414 g/mol. The van der Waals surface area contributed by atoms with Gasteiger partial charge in [0.15, 0.2) is 11.5 Å². The number of rotatable bonds is 3. The molecule has 2 aliphatic heterocycles. The van der Waals surface area contributed by atoms with E-state index >= 15 is 0 Å². The summed E-state index contributed by atoms with van der Waals surface area (Å²) in [5.74, 6) is 1.07. The Labute approximate surface area is 168 Å². The highest BCUT2D eigenvalue weighted by molar-refractivity contribution is 7.89. The molecule has 2 aromatic carbocycles. The summed E-state index contributed by atoms with van der Waals surface area (Å²) < 4.78 is 40.0. The van der Waals surface area contributed by atoms with Gasteiger partial charge in [0.05, 0.1) is 10.9 Å². The van der Waals surface area contributed by atoms with Crippen LogP contribution in [0.2, 0.25) is 0 Å². The monoisotopic (exact) mass is 413 g/mol. The fourth-order valence-electron chi connectivity index (χ4n) is 3.85. The van der Waals surface area contributed by atoms with Crippen molar-refractivity contribution >= 4 is 21.4 Å². The Kier molecular flexibility index (Phi) is 4.38. The Balaban J connectivity index is 1.60. The zero-order valence-electron chi connectivity index (χ0n) is 15.1. The minimum atomic E-state index is -3.71. The molecule has 7 heteroatoms. The first-order chi connectivity index (χ1) is 13.6. The van der Waals surface area contributed by atoms with Crippen LogP contribution in [0.25, 0.3) is 0 Å². The topological polar surface area (TPSA) is 55.8 Å². The molecular formula is C21H19NO4S2. The van der Waals surface area contributed by atoms with E-state index in [-0.39, 0.29) is 10.9 Å². The van der Waals surface area contributed by atoms with Crippen LogP contribution in [0.3, 0.4) is 0 Å². The van der Waals surface area contributed by atoms with Gasteiger partial charge >= 0.3 is 0 Å². The minimum absolute atomic E-state index is 0.233. The lowest BCUT2D eigenvalue weighted by Crippen LogP contribution is -2.40. The van der Waals surface area contributed by atoms with Crippen LogP contribution in [0.1, 0.15) is 22.0 Å². The molecule has 1 aromatic heterocycles. The van der Waals surface area contributed by atoms with Crippen LogP contribution in [0.5, 0.6) is 11.5 Å². The van der Waals surface area contributed by atoms with Gasteiger partial charge in [-0.15, -0.1) is 11.3 Å². The van der Waals surface area contributed by atoms with Crippen molar-refractivity contribution in [2.45, 2.75) is 17.4 Å². The van der Waals surface area contributed by atoms with Crippen molar-refractivity contribution in [2.24, 2.45) is 0 Å². The van der Waals surface area contributed by atoms with Crippen molar-refractivity contribution < 1.29 is 17.9 Å². The zero-order chi connectivity index (χ0) is 19.1. The summed E-state index contributed by atoms with van der Waals surface area (Å²) in [4.78, 5) is 1.49. The van der Waals surface area contributed by atoms with E-state index in [4.69, 9.17) is 9.47 Å². The molecule has 0 bridgehead atoms. The first kappa shape index (κ1) is 17.7. The van der Waals surface area contributed by atoms with Crippen molar-refractivity contribution in [1.29, 1.82) is 0 Å². The van der Waals surface area contributed by atoms with E-state index < -0.39 is 10.0 Å². The maximum Gasteiger partial charge on any atom is 0.244 e. The maximum absolute atomic E-state index is 13.6. The van der Waals surface area contributed by atoms with Gasteiger partial charge < -0.3 is 9.47 Å². The van der Waals surface area contributed by atoms with E-state index in [1.807, 2.05) is 41.8 Å². The Morgan fingerprint density at radius 1 is 0.964 bits per heavy atom. The number of nitrogens with zero attached hydrogens (tertiary/aromatic N) is 1. The van der Waals surface area contributed by atoms with Crippen LogP contribution < -0.4 is 9.47 Å². The van der Waals surface area contributed by atoms with Gasteiger partial charge in [0, 0.05) is 17.5 Å². The van der Waals surface area contributed by atoms with Crippen LogP contribution in [0, 0.1) is 0 Å². The Morgan fingerprint density at radius 2 is 1.75 bits per heavy atom. The Hall–Kier alpha value is -2.35. The fraction of sp³-hybridized carbons (Fsp3) is 0.238. The number of thiophene rings is 1. The standard InChI is InChI=1S/C21H19NO4S2/c23-28(24,16-6-7-18-19(14-16)26-12-11-25-18)22-10-8-20-17(9-13-27-20)21(22)15-4-2-1-3-5-15/h1-7,9,13-14,21H,8,10-12H2/t21-/m0/s1. The molecular weight excluding hydrogens is 394 g/mol. The fourth-order valence-corrected chi connectivity index (χ4v) is 6.37. The largest absolute Gasteiger partial charge is 0.486 e. The highest BCUT2D eigenvalue weighted by Crippen LogP contribution is 2.41. The highest BCUT2D eigenvalue weighted by Gasteiger charge is 2.38. The molecule has 0 aliphatic carbocycles. The molecule has 0 amide bonds. The van der Waals surface area contributed by atoms with Crippen molar-refractivity contribution in [1.82, 2.24) is 4.31 Å². The molecule has 28 heavy (non-hydrogen) atoms. The number of fused-ring (bicyclic) bond motifs is 2. The molecule has 0 saturated carbocycles. The van der Waals surface area contributed by atoms with Gasteiger partial charge in [0.25, 0.3) is 0 Å². The summed E-state index contributed by atoms with van der Waals surface area (Å²) in [6.07, 6.45) is 0.722. The molecule has 144 valence electrons. The smallest absolute Gasteiger partial charge is 0.244 e. The predicted molar refractivity (Wildman–Crippen MR) is 108 cm³/mol. The zero-order valence-corrected chi connectivity index (χ0v) is 16.7. The third-order valence-electron chi connectivity index (χ3n) is 5.16. The third kappa shape index (κ3) is 2.90. The molecule has 1 atom stereocenters. The van der Waals surface area contributed by atoms with E-state index in [0.29, 0.717) is 31.3 Å². The van der Waals surface area contributed by atoms with Gasteiger partial charge in [-0.2, -0.15) is 4.31 Å². The maximum atomic E-state index is 13.6. The third-order valence-corrected chi connectivity index (χ3v) is 8.01. The van der Waals surface area contributed by atoms with Gasteiger partial charge in [-0.1, -0.05) is 30.3 Å². The average Bonchev–Trinajstić information content (AvgIpc) is 3.22. The van der Waals surface area contributed by atoms with E-state index in [9.17, 15) is 8.42 Å². The summed E-state index contributed by atoms with van der Waals surface area (Å²) in [5, 5.41) is 2.04. The number of sulfonamides is 1. The van der Waals surface area contributed by atoms with Crippen LogP contribution in [0.4, 0.5) is 0 Å². The van der Waals surface area contributed by atoms with Gasteiger partial charge in [-0.05, 0) is 41.1 Å².